The van der Waals surface area contributed by atoms with Gasteiger partial charge in [0.2, 0.25) is 5.91 Å². The van der Waals surface area contributed by atoms with Gasteiger partial charge in [-0.2, -0.15) is 10.5 Å². The van der Waals surface area contributed by atoms with Crippen molar-refractivity contribution in [3.8, 4) is 12.1 Å². The third-order valence-corrected chi connectivity index (χ3v) is 4.19. The molecule has 0 aliphatic rings. The molecule has 0 aliphatic carbocycles. The molecule has 6 nitrogen and oxygen atoms in total. The number of carbonyl (C=O) groups excluding carboxylic acids is 1. The van der Waals surface area contributed by atoms with Crippen LogP contribution < -0.4 is 11.1 Å². The van der Waals surface area contributed by atoms with Crippen LogP contribution in [0.4, 0.5) is 20.3 Å². The number of anilines is 2. The minimum Gasteiger partial charge on any atom is -0.383 e. The molecule has 2 rings (SSSR count). The van der Waals surface area contributed by atoms with E-state index in [0.29, 0.717) is 11.6 Å². The van der Waals surface area contributed by atoms with Crippen molar-refractivity contribution in [2.24, 2.45) is 0 Å². The largest absolute Gasteiger partial charge is 0.383 e. The fourth-order valence-electron chi connectivity index (χ4n) is 1.99. The first-order valence-electron chi connectivity index (χ1n) is 6.85. The number of nitriles is 2. The maximum atomic E-state index is 13.5. The van der Waals surface area contributed by atoms with Crippen molar-refractivity contribution in [3.63, 3.8) is 0 Å². The molecule has 1 aromatic carbocycles. The van der Waals surface area contributed by atoms with Gasteiger partial charge in [-0.3, -0.25) is 4.79 Å². The van der Waals surface area contributed by atoms with Crippen LogP contribution >= 0.6 is 11.8 Å². The molecule has 0 aliphatic heterocycles. The number of nitrogens with zero attached hydrogens (tertiary/aromatic N) is 3. The lowest BCUT2D eigenvalue weighted by atomic mass is 10.1. The van der Waals surface area contributed by atoms with Gasteiger partial charge in [0.05, 0.1) is 22.6 Å². The molecule has 3 N–H and O–H groups in total. The number of hydrogen-bond acceptors (Lipinski definition) is 6. The molecule has 126 valence electrons. The highest BCUT2D eigenvalue weighted by Gasteiger charge is 2.17. The van der Waals surface area contributed by atoms with Gasteiger partial charge in [-0.15, -0.1) is 0 Å². The van der Waals surface area contributed by atoms with E-state index in [1.807, 2.05) is 12.1 Å². The highest BCUT2D eigenvalue weighted by Crippen LogP contribution is 2.28. The Hall–Kier alpha value is -3.17. The van der Waals surface area contributed by atoms with Gasteiger partial charge in [0, 0.05) is 6.07 Å². The van der Waals surface area contributed by atoms with Crippen LogP contribution in [-0.2, 0) is 4.79 Å². The zero-order chi connectivity index (χ0) is 18.6. The lowest BCUT2D eigenvalue weighted by Gasteiger charge is -2.10. The van der Waals surface area contributed by atoms with Crippen LogP contribution in [0.5, 0.6) is 0 Å². The van der Waals surface area contributed by atoms with E-state index in [0.717, 1.165) is 23.9 Å². The van der Waals surface area contributed by atoms with Crippen LogP contribution in [0.1, 0.15) is 16.7 Å². The van der Waals surface area contributed by atoms with Gasteiger partial charge in [-0.1, -0.05) is 11.8 Å². The summed E-state index contributed by atoms with van der Waals surface area (Å²) in [7, 11) is 0. The quantitative estimate of drug-likeness (QED) is 0.811. The molecule has 25 heavy (non-hydrogen) atoms. The van der Waals surface area contributed by atoms with Crippen LogP contribution in [0.2, 0.25) is 0 Å². The van der Waals surface area contributed by atoms with Crippen molar-refractivity contribution in [3.05, 3.63) is 46.5 Å². The fourth-order valence-corrected chi connectivity index (χ4v) is 2.83. The smallest absolute Gasteiger partial charge is 0.234 e. The number of thioether (sulfide) groups is 1. The molecule has 0 spiro atoms. The first kappa shape index (κ1) is 18.2. The SMILES string of the molecule is Cc1c(C#N)c(N)nc(SCC(=O)Nc2ccc(F)cc2F)c1C#N. The van der Waals surface area contributed by atoms with Gasteiger partial charge in [-0.05, 0) is 24.6 Å². The predicted molar refractivity (Wildman–Crippen MR) is 88.5 cm³/mol. The number of carbonyl (C=O) groups is 1. The second-order valence-electron chi connectivity index (χ2n) is 4.86. The summed E-state index contributed by atoms with van der Waals surface area (Å²) >= 11 is 0.924. The summed E-state index contributed by atoms with van der Waals surface area (Å²) in [6.45, 7) is 1.56. The molecule has 0 bridgehead atoms. The highest BCUT2D eigenvalue weighted by molar-refractivity contribution is 8.00. The van der Waals surface area contributed by atoms with Crippen molar-refractivity contribution < 1.29 is 13.6 Å². The molecule has 9 heteroatoms. The Balaban J connectivity index is 2.15. The Morgan fingerprint density at radius 2 is 2.00 bits per heavy atom. The number of hydrogen-bond donors (Lipinski definition) is 2. The Morgan fingerprint density at radius 1 is 1.32 bits per heavy atom. The number of nitrogen functional groups attached to an aromatic ring is 1. The van der Waals surface area contributed by atoms with E-state index < -0.39 is 17.5 Å². The van der Waals surface area contributed by atoms with E-state index in [1.165, 1.54) is 0 Å². The van der Waals surface area contributed by atoms with Crippen molar-refractivity contribution in [1.82, 2.24) is 4.98 Å². The summed E-state index contributed by atoms with van der Waals surface area (Å²) in [5, 5.41) is 20.8. The molecule has 1 amide bonds. The van der Waals surface area contributed by atoms with Gasteiger partial charge in [0.25, 0.3) is 0 Å². The van der Waals surface area contributed by atoms with Crippen molar-refractivity contribution in [1.29, 1.82) is 10.5 Å². The molecule has 0 saturated carbocycles. The standard InChI is InChI=1S/C16H11F2N5OS/c1-8-10(5-19)15(21)23-16(11(8)6-20)25-7-14(24)22-13-3-2-9(17)4-12(13)18/h2-4H,7H2,1H3,(H2,21,23)(H,22,24). The topological polar surface area (TPSA) is 116 Å². The van der Waals surface area contributed by atoms with E-state index in [2.05, 4.69) is 10.3 Å². The molecule has 2 aromatic rings. The lowest BCUT2D eigenvalue weighted by molar-refractivity contribution is -0.113. The highest BCUT2D eigenvalue weighted by atomic mass is 32.2. The molecule has 1 heterocycles. The summed E-state index contributed by atoms with van der Waals surface area (Å²) in [5.41, 5.74) is 6.16. The molecule has 0 saturated heterocycles. The lowest BCUT2D eigenvalue weighted by Crippen LogP contribution is -2.15. The van der Waals surface area contributed by atoms with Gasteiger partial charge in [0.15, 0.2) is 0 Å². The first-order chi connectivity index (χ1) is 11.9. The predicted octanol–water partition coefficient (Wildman–Crippen LogP) is 2.72. The summed E-state index contributed by atoms with van der Waals surface area (Å²) in [5.74, 6) is -2.43. The number of amides is 1. The minimum absolute atomic E-state index is 0.0357. The molecule has 0 radical (unpaired) electrons. The average Bonchev–Trinajstić information content (AvgIpc) is 2.56. The van der Waals surface area contributed by atoms with E-state index in [-0.39, 0.29) is 33.4 Å². The Bertz CT molecular complexity index is 934. The number of aromatic nitrogens is 1. The zero-order valence-electron chi connectivity index (χ0n) is 12.9. The van der Waals surface area contributed by atoms with E-state index in [9.17, 15) is 18.8 Å². The minimum atomic E-state index is -0.896. The monoisotopic (exact) mass is 359 g/mol. The average molecular weight is 359 g/mol. The van der Waals surface area contributed by atoms with Crippen LogP contribution in [0.3, 0.4) is 0 Å². The molecular weight excluding hydrogens is 348 g/mol. The van der Waals surface area contributed by atoms with Gasteiger partial charge >= 0.3 is 0 Å². The number of rotatable bonds is 4. The Morgan fingerprint density at radius 3 is 2.60 bits per heavy atom. The fraction of sp³-hybridized carbons (Fsp3) is 0.125. The summed E-state index contributed by atoms with van der Waals surface area (Å²) in [6.07, 6.45) is 0. The van der Waals surface area contributed by atoms with Crippen LogP contribution in [-0.4, -0.2) is 16.6 Å². The van der Waals surface area contributed by atoms with Gasteiger partial charge in [0.1, 0.15) is 34.6 Å². The van der Waals surface area contributed by atoms with Gasteiger partial charge < -0.3 is 11.1 Å². The van der Waals surface area contributed by atoms with Crippen LogP contribution in [0.25, 0.3) is 0 Å². The Labute approximate surface area is 146 Å². The number of halogens is 2. The normalized spacial score (nSPS) is 9.96. The first-order valence-corrected chi connectivity index (χ1v) is 7.84. The third-order valence-electron chi connectivity index (χ3n) is 3.21. The molecule has 0 atom stereocenters. The zero-order valence-corrected chi connectivity index (χ0v) is 13.7. The van der Waals surface area contributed by atoms with Crippen molar-refractivity contribution in [2.45, 2.75) is 11.9 Å². The maximum absolute atomic E-state index is 13.5. The van der Waals surface area contributed by atoms with E-state index in [1.54, 1.807) is 6.92 Å². The summed E-state index contributed by atoms with van der Waals surface area (Å²) in [6, 6.07) is 6.59. The number of benzene rings is 1. The second-order valence-corrected chi connectivity index (χ2v) is 5.83. The van der Waals surface area contributed by atoms with Crippen LogP contribution in [0.15, 0.2) is 23.2 Å². The summed E-state index contributed by atoms with van der Waals surface area (Å²) in [4.78, 5) is 15.9. The number of pyridine rings is 1. The number of nitrogens with two attached hydrogens (primary N) is 1. The van der Waals surface area contributed by atoms with Crippen molar-refractivity contribution in [2.75, 3.05) is 16.8 Å². The van der Waals surface area contributed by atoms with E-state index in [4.69, 9.17) is 11.0 Å². The molecule has 1 aromatic heterocycles. The summed E-state index contributed by atoms with van der Waals surface area (Å²) < 4.78 is 26.4. The van der Waals surface area contributed by atoms with Crippen LogP contribution in [0, 0.1) is 41.2 Å². The van der Waals surface area contributed by atoms with Crippen molar-refractivity contribution >= 4 is 29.2 Å². The number of nitrogens with one attached hydrogen (secondary N) is 1. The maximum Gasteiger partial charge on any atom is 0.234 e. The van der Waals surface area contributed by atoms with Gasteiger partial charge in [-0.25, -0.2) is 13.8 Å². The molecular formula is C16H11F2N5OS. The third kappa shape index (κ3) is 4.03. The van der Waals surface area contributed by atoms with E-state index >= 15 is 0 Å². The molecule has 0 unspecified atom stereocenters. The Kier molecular flexibility index (Phi) is 5.52. The second kappa shape index (κ2) is 7.60. The molecule has 0 fully saturated rings.